The Balaban J connectivity index is 2.07. The van der Waals surface area contributed by atoms with Gasteiger partial charge in [0.25, 0.3) is 0 Å². The first kappa shape index (κ1) is 15.6. The SMILES string of the molecule is COC(=O)C1CC(O)CN1C(=O)C1CCCN(C(N)=O)C1. The largest absolute Gasteiger partial charge is 0.467 e. The van der Waals surface area contributed by atoms with Crippen LogP contribution in [0.3, 0.4) is 0 Å². The van der Waals surface area contributed by atoms with Crippen molar-refractivity contribution in [1.82, 2.24) is 9.80 Å². The number of carbonyl (C=O) groups excluding carboxylic acids is 3. The molecule has 0 aromatic heterocycles. The van der Waals surface area contributed by atoms with E-state index in [-0.39, 0.29) is 31.3 Å². The number of piperidine rings is 1. The number of amides is 3. The van der Waals surface area contributed by atoms with Gasteiger partial charge < -0.3 is 25.4 Å². The molecule has 8 heteroatoms. The number of esters is 1. The highest BCUT2D eigenvalue weighted by Crippen LogP contribution is 2.25. The summed E-state index contributed by atoms with van der Waals surface area (Å²) in [7, 11) is 1.26. The number of β-amino-alcohol motifs (C(OH)–C–C–N with tert-alkyl or cyclic N) is 1. The highest BCUT2D eigenvalue weighted by Gasteiger charge is 2.42. The summed E-state index contributed by atoms with van der Waals surface area (Å²) < 4.78 is 4.68. The molecule has 8 nitrogen and oxygen atoms in total. The molecule has 0 radical (unpaired) electrons. The molecule has 21 heavy (non-hydrogen) atoms. The van der Waals surface area contributed by atoms with Gasteiger partial charge in [0.15, 0.2) is 0 Å². The molecule has 0 aliphatic carbocycles. The zero-order chi connectivity index (χ0) is 15.6. The average molecular weight is 299 g/mol. The van der Waals surface area contributed by atoms with Crippen molar-refractivity contribution in [3.8, 4) is 0 Å². The maximum absolute atomic E-state index is 12.6. The third-order valence-corrected chi connectivity index (χ3v) is 4.12. The topological polar surface area (TPSA) is 113 Å². The van der Waals surface area contributed by atoms with E-state index in [0.717, 1.165) is 0 Å². The van der Waals surface area contributed by atoms with E-state index in [4.69, 9.17) is 5.73 Å². The van der Waals surface area contributed by atoms with Crippen molar-refractivity contribution < 1.29 is 24.2 Å². The number of hydrogen-bond donors (Lipinski definition) is 2. The lowest BCUT2D eigenvalue weighted by Gasteiger charge is -2.34. The van der Waals surface area contributed by atoms with Crippen molar-refractivity contribution in [3.63, 3.8) is 0 Å². The van der Waals surface area contributed by atoms with Crippen LogP contribution in [0.25, 0.3) is 0 Å². The van der Waals surface area contributed by atoms with Gasteiger partial charge in [0, 0.05) is 26.1 Å². The maximum Gasteiger partial charge on any atom is 0.328 e. The van der Waals surface area contributed by atoms with Gasteiger partial charge in [-0.15, -0.1) is 0 Å². The number of likely N-dealkylation sites (tertiary alicyclic amines) is 2. The Bertz CT molecular complexity index is 442. The molecule has 3 atom stereocenters. The second-order valence-corrected chi connectivity index (χ2v) is 5.54. The van der Waals surface area contributed by atoms with Crippen LogP contribution in [-0.2, 0) is 14.3 Å². The van der Waals surface area contributed by atoms with E-state index < -0.39 is 24.1 Å². The van der Waals surface area contributed by atoms with E-state index in [0.29, 0.717) is 19.4 Å². The predicted molar refractivity (Wildman–Crippen MR) is 72.0 cm³/mol. The summed E-state index contributed by atoms with van der Waals surface area (Å²) >= 11 is 0. The molecule has 2 aliphatic heterocycles. The molecule has 2 rings (SSSR count). The molecule has 2 saturated heterocycles. The number of primary amides is 1. The predicted octanol–water partition coefficient (Wildman–Crippen LogP) is -1.09. The maximum atomic E-state index is 12.6. The zero-order valence-corrected chi connectivity index (χ0v) is 12.0. The molecular formula is C13H21N3O5. The van der Waals surface area contributed by atoms with Crippen LogP contribution in [0.1, 0.15) is 19.3 Å². The molecule has 2 fully saturated rings. The summed E-state index contributed by atoms with van der Waals surface area (Å²) in [5, 5.41) is 9.72. The van der Waals surface area contributed by atoms with Gasteiger partial charge in [0.2, 0.25) is 5.91 Å². The van der Waals surface area contributed by atoms with Crippen molar-refractivity contribution in [2.24, 2.45) is 11.7 Å². The van der Waals surface area contributed by atoms with Crippen LogP contribution in [0, 0.1) is 5.92 Å². The molecular weight excluding hydrogens is 278 g/mol. The van der Waals surface area contributed by atoms with E-state index in [1.165, 1.54) is 16.9 Å². The van der Waals surface area contributed by atoms with Crippen LogP contribution in [0.4, 0.5) is 4.79 Å². The number of carbonyl (C=O) groups is 3. The standard InChI is InChI=1S/C13H21N3O5/c1-21-12(19)10-5-9(17)7-16(10)11(18)8-3-2-4-15(6-8)13(14)20/h8-10,17H,2-7H2,1H3,(H2,14,20). The minimum Gasteiger partial charge on any atom is -0.467 e. The fourth-order valence-corrected chi connectivity index (χ4v) is 3.03. The second kappa shape index (κ2) is 6.30. The van der Waals surface area contributed by atoms with Crippen molar-refractivity contribution >= 4 is 17.9 Å². The Labute approximate surface area is 122 Å². The Hall–Kier alpha value is -1.83. The number of aliphatic hydroxyl groups excluding tert-OH is 1. The van der Waals surface area contributed by atoms with Crippen LogP contribution < -0.4 is 5.73 Å². The minimum atomic E-state index is -0.749. The second-order valence-electron chi connectivity index (χ2n) is 5.54. The van der Waals surface area contributed by atoms with Crippen LogP contribution in [0.5, 0.6) is 0 Å². The Morgan fingerprint density at radius 2 is 2.00 bits per heavy atom. The quantitative estimate of drug-likeness (QED) is 0.629. The van der Waals surface area contributed by atoms with Gasteiger partial charge in [-0.25, -0.2) is 9.59 Å². The summed E-state index contributed by atoms with van der Waals surface area (Å²) in [5.41, 5.74) is 5.25. The lowest BCUT2D eigenvalue weighted by atomic mass is 9.96. The van der Waals surface area contributed by atoms with E-state index in [1.54, 1.807) is 0 Å². The molecule has 3 amide bonds. The molecule has 3 N–H and O–H groups in total. The van der Waals surface area contributed by atoms with Gasteiger partial charge in [-0.05, 0) is 12.8 Å². The Kier molecular flexibility index (Phi) is 4.66. The summed E-state index contributed by atoms with van der Waals surface area (Å²) in [6.07, 6.45) is 0.792. The van der Waals surface area contributed by atoms with Gasteiger partial charge in [-0.3, -0.25) is 4.79 Å². The normalized spacial score (nSPS) is 29.3. The molecule has 0 spiro atoms. The van der Waals surface area contributed by atoms with Gasteiger partial charge in [0.05, 0.1) is 19.1 Å². The number of aliphatic hydroxyl groups is 1. The highest BCUT2D eigenvalue weighted by molar-refractivity contribution is 5.87. The third-order valence-electron chi connectivity index (χ3n) is 4.12. The number of nitrogens with two attached hydrogens (primary N) is 1. The summed E-state index contributed by atoms with van der Waals surface area (Å²) in [6.45, 7) is 0.919. The first-order valence-electron chi connectivity index (χ1n) is 7.04. The third kappa shape index (κ3) is 3.26. The zero-order valence-electron chi connectivity index (χ0n) is 12.0. The average Bonchev–Trinajstić information content (AvgIpc) is 2.87. The fourth-order valence-electron chi connectivity index (χ4n) is 3.03. The van der Waals surface area contributed by atoms with Gasteiger partial charge >= 0.3 is 12.0 Å². The molecule has 118 valence electrons. The van der Waals surface area contributed by atoms with Crippen molar-refractivity contribution in [1.29, 1.82) is 0 Å². The number of methoxy groups -OCH3 is 1. The molecule has 3 unspecified atom stereocenters. The van der Waals surface area contributed by atoms with E-state index >= 15 is 0 Å². The first-order chi connectivity index (χ1) is 9.93. The van der Waals surface area contributed by atoms with Crippen molar-refractivity contribution in [2.45, 2.75) is 31.4 Å². The summed E-state index contributed by atoms with van der Waals surface area (Å²) in [4.78, 5) is 38.3. The van der Waals surface area contributed by atoms with Crippen molar-refractivity contribution in [3.05, 3.63) is 0 Å². The Morgan fingerprint density at radius 1 is 1.29 bits per heavy atom. The van der Waals surface area contributed by atoms with E-state index in [2.05, 4.69) is 4.74 Å². The molecule has 0 aromatic carbocycles. The van der Waals surface area contributed by atoms with E-state index in [1.807, 2.05) is 0 Å². The minimum absolute atomic E-state index is 0.117. The number of rotatable bonds is 2. The van der Waals surface area contributed by atoms with Crippen LogP contribution in [0.15, 0.2) is 0 Å². The molecule has 2 heterocycles. The van der Waals surface area contributed by atoms with Gasteiger partial charge in [-0.2, -0.15) is 0 Å². The number of hydrogen-bond acceptors (Lipinski definition) is 5. The van der Waals surface area contributed by atoms with Gasteiger partial charge in [-0.1, -0.05) is 0 Å². The Morgan fingerprint density at radius 3 is 2.62 bits per heavy atom. The molecule has 0 saturated carbocycles. The summed E-state index contributed by atoms with van der Waals surface area (Å²) in [5.74, 6) is -1.14. The van der Waals surface area contributed by atoms with Crippen LogP contribution in [0.2, 0.25) is 0 Å². The number of urea groups is 1. The van der Waals surface area contributed by atoms with Crippen LogP contribution in [-0.4, -0.2) is 71.7 Å². The molecule has 0 aromatic rings. The smallest absolute Gasteiger partial charge is 0.328 e. The highest BCUT2D eigenvalue weighted by atomic mass is 16.5. The molecule has 2 aliphatic rings. The number of nitrogens with zero attached hydrogens (tertiary/aromatic N) is 2. The summed E-state index contributed by atoms with van der Waals surface area (Å²) in [6, 6.07) is -1.29. The van der Waals surface area contributed by atoms with Gasteiger partial charge in [0.1, 0.15) is 6.04 Å². The van der Waals surface area contributed by atoms with Crippen LogP contribution >= 0.6 is 0 Å². The lowest BCUT2D eigenvalue weighted by Crippen LogP contribution is -2.50. The first-order valence-corrected chi connectivity index (χ1v) is 7.04. The number of ether oxygens (including phenoxy) is 1. The fraction of sp³-hybridized carbons (Fsp3) is 0.769. The monoisotopic (exact) mass is 299 g/mol. The molecule has 0 bridgehead atoms. The van der Waals surface area contributed by atoms with Crippen molar-refractivity contribution in [2.75, 3.05) is 26.7 Å². The lowest BCUT2D eigenvalue weighted by molar-refractivity contribution is -0.152. The van der Waals surface area contributed by atoms with E-state index in [9.17, 15) is 19.5 Å².